The molecule has 0 aliphatic carbocycles. The zero-order valence-electron chi connectivity index (χ0n) is 29.2. The molecule has 0 spiro atoms. The van der Waals surface area contributed by atoms with E-state index in [9.17, 15) is 9.90 Å². The second-order valence-corrected chi connectivity index (χ2v) is 20.9. The van der Waals surface area contributed by atoms with E-state index in [1.54, 1.807) is 12.3 Å². The van der Waals surface area contributed by atoms with Crippen LogP contribution < -0.4 is 9.64 Å². The molecule has 11 heteroatoms. The molecule has 1 aromatic heterocycles. The molecule has 0 atom stereocenters. The summed E-state index contributed by atoms with van der Waals surface area (Å²) in [6.07, 6.45) is 2.60. The molecule has 9 nitrogen and oxygen atoms in total. The average molecular weight is 703 g/mol. The highest BCUT2D eigenvalue weighted by Crippen LogP contribution is 2.37. The van der Waals surface area contributed by atoms with E-state index in [2.05, 4.69) is 60.5 Å². The number of anilines is 1. The minimum atomic E-state index is -1.19. The number of halogens is 1. The van der Waals surface area contributed by atoms with E-state index >= 15 is 0 Å². The molecule has 0 saturated carbocycles. The van der Waals surface area contributed by atoms with E-state index < -0.39 is 14.0 Å². The lowest BCUT2D eigenvalue weighted by Crippen LogP contribution is -2.47. The molecule has 0 radical (unpaired) electrons. The quantitative estimate of drug-likeness (QED) is 0.117. The van der Waals surface area contributed by atoms with Gasteiger partial charge in [-0.3, -0.25) is 4.90 Å². The van der Waals surface area contributed by atoms with Gasteiger partial charge >= 0.3 is 5.97 Å². The van der Waals surface area contributed by atoms with Crippen molar-refractivity contribution in [2.75, 3.05) is 50.8 Å². The fourth-order valence-electron chi connectivity index (χ4n) is 6.39. The highest BCUT2D eigenvalue weighted by molar-refractivity contribution is 6.76. The third kappa shape index (κ3) is 8.74. The van der Waals surface area contributed by atoms with Gasteiger partial charge in [-0.15, -0.1) is 0 Å². The predicted molar refractivity (Wildman–Crippen MR) is 199 cm³/mol. The molecule has 260 valence electrons. The van der Waals surface area contributed by atoms with Gasteiger partial charge in [-0.2, -0.15) is 5.10 Å². The summed E-state index contributed by atoms with van der Waals surface area (Å²) in [5.74, 6) is -0.176. The van der Waals surface area contributed by atoms with Crippen molar-refractivity contribution in [3.63, 3.8) is 0 Å². The van der Waals surface area contributed by atoms with Gasteiger partial charge in [0.15, 0.2) is 0 Å². The molecule has 2 aliphatic heterocycles. The van der Waals surface area contributed by atoms with Gasteiger partial charge in [0.25, 0.3) is 0 Å². The molecule has 0 amide bonds. The second kappa shape index (κ2) is 14.7. The average Bonchev–Trinajstić information content (AvgIpc) is 3.48. The predicted octanol–water partition coefficient (Wildman–Crippen LogP) is 8.27. The van der Waals surface area contributed by atoms with E-state index in [1.807, 2.05) is 47.1 Å². The standard InChI is InChI=1S/C38H47ClN4O5Si/c1-38(2)22-32(27-9-11-29(39)12-10-27)28(25-47-38)24-41-15-17-42(18-16-41)30-13-14-31(37(44)45)36(21-30)48-35-8-6-7-34-33(35)23-40-43(34)26-46-19-20-49(3,4)5/h6-14,21,23H,15-20,22,24-26H2,1-5H3,(H,44,45). The summed E-state index contributed by atoms with van der Waals surface area (Å²) in [5.41, 5.74) is 5.56. The number of carbonyl (C=O) groups is 1. The molecule has 2 aliphatic rings. The number of piperazine rings is 1. The van der Waals surface area contributed by atoms with Crippen molar-refractivity contribution >= 4 is 47.8 Å². The summed E-state index contributed by atoms with van der Waals surface area (Å²) in [6.45, 7) is 17.1. The largest absolute Gasteiger partial charge is 0.478 e. The maximum absolute atomic E-state index is 12.3. The third-order valence-electron chi connectivity index (χ3n) is 9.28. The number of nitrogens with zero attached hydrogens (tertiary/aromatic N) is 4. The molecule has 6 rings (SSSR count). The van der Waals surface area contributed by atoms with Crippen LogP contribution in [0.25, 0.3) is 16.5 Å². The number of fused-ring (bicyclic) bond motifs is 1. The van der Waals surface area contributed by atoms with Crippen LogP contribution in [-0.4, -0.2) is 85.4 Å². The minimum Gasteiger partial charge on any atom is -0.478 e. The molecular weight excluding hydrogens is 656 g/mol. The van der Waals surface area contributed by atoms with Crippen molar-refractivity contribution in [1.82, 2.24) is 14.7 Å². The van der Waals surface area contributed by atoms with E-state index in [0.29, 0.717) is 31.4 Å². The number of benzene rings is 3. The van der Waals surface area contributed by atoms with Gasteiger partial charge in [-0.25, -0.2) is 9.48 Å². The molecular formula is C38H47ClN4O5Si. The maximum atomic E-state index is 12.3. The van der Waals surface area contributed by atoms with Crippen LogP contribution in [0.2, 0.25) is 30.7 Å². The topological polar surface area (TPSA) is 89.3 Å². The maximum Gasteiger partial charge on any atom is 0.339 e. The Labute approximate surface area is 295 Å². The Morgan fingerprint density at radius 1 is 1.02 bits per heavy atom. The molecule has 1 saturated heterocycles. The first kappa shape index (κ1) is 35.2. The Morgan fingerprint density at radius 2 is 1.78 bits per heavy atom. The normalized spacial score (nSPS) is 17.1. The number of hydrogen-bond acceptors (Lipinski definition) is 7. The molecule has 3 heterocycles. The van der Waals surface area contributed by atoms with Crippen LogP contribution in [0, 0.1) is 0 Å². The third-order valence-corrected chi connectivity index (χ3v) is 11.2. The molecule has 0 bridgehead atoms. The van der Waals surface area contributed by atoms with Crippen LogP contribution in [0.4, 0.5) is 5.69 Å². The monoisotopic (exact) mass is 702 g/mol. The lowest BCUT2D eigenvalue weighted by Gasteiger charge is -2.39. The van der Waals surface area contributed by atoms with Crippen LogP contribution >= 0.6 is 11.6 Å². The number of carboxylic acids is 1. The van der Waals surface area contributed by atoms with Gasteiger partial charge in [0.05, 0.1) is 29.3 Å². The summed E-state index contributed by atoms with van der Waals surface area (Å²) in [6, 6.07) is 20.3. The number of hydrogen-bond donors (Lipinski definition) is 1. The van der Waals surface area contributed by atoms with Crippen molar-refractivity contribution in [3.05, 3.63) is 88.6 Å². The fraction of sp³-hybridized carbons (Fsp3) is 0.421. The smallest absolute Gasteiger partial charge is 0.339 e. The highest BCUT2D eigenvalue weighted by atomic mass is 35.5. The lowest BCUT2D eigenvalue weighted by atomic mass is 9.87. The van der Waals surface area contributed by atoms with Crippen molar-refractivity contribution < 1.29 is 24.1 Å². The zero-order valence-corrected chi connectivity index (χ0v) is 30.9. The van der Waals surface area contributed by atoms with Gasteiger partial charge in [0, 0.05) is 70.6 Å². The molecule has 1 fully saturated rings. The Hall–Kier alpha value is -3.67. The Morgan fingerprint density at radius 3 is 2.49 bits per heavy atom. The molecule has 4 aromatic rings. The van der Waals surface area contributed by atoms with Gasteiger partial charge in [-0.05, 0) is 73.0 Å². The van der Waals surface area contributed by atoms with Crippen LogP contribution in [0.3, 0.4) is 0 Å². The summed E-state index contributed by atoms with van der Waals surface area (Å²) in [7, 11) is -1.19. The Kier molecular flexibility index (Phi) is 10.5. The van der Waals surface area contributed by atoms with Gasteiger partial charge in [0.2, 0.25) is 0 Å². The summed E-state index contributed by atoms with van der Waals surface area (Å²) in [5, 5.41) is 16.1. The first-order chi connectivity index (χ1) is 23.3. The van der Waals surface area contributed by atoms with E-state index in [4.69, 9.17) is 25.8 Å². The second-order valence-electron chi connectivity index (χ2n) is 14.8. The Balaban J connectivity index is 1.15. The number of ether oxygens (including phenoxy) is 3. The number of carboxylic acid groups (broad SMARTS) is 1. The van der Waals surface area contributed by atoms with Crippen molar-refractivity contribution in [2.24, 2.45) is 0 Å². The minimum absolute atomic E-state index is 0.114. The summed E-state index contributed by atoms with van der Waals surface area (Å²) >= 11 is 6.19. The Bertz CT molecular complexity index is 1820. The highest BCUT2D eigenvalue weighted by Gasteiger charge is 2.30. The fourth-order valence-corrected chi connectivity index (χ4v) is 7.27. The van der Waals surface area contributed by atoms with Gasteiger partial charge < -0.3 is 24.2 Å². The molecule has 49 heavy (non-hydrogen) atoms. The van der Waals surface area contributed by atoms with Crippen LogP contribution in [0.1, 0.15) is 36.2 Å². The number of aromatic carboxylic acids is 1. The lowest BCUT2D eigenvalue weighted by molar-refractivity contribution is -0.0101. The van der Waals surface area contributed by atoms with Crippen molar-refractivity contribution in [1.29, 1.82) is 0 Å². The van der Waals surface area contributed by atoms with E-state index in [-0.39, 0.29) is 11.2 Å². The van der Waals surface area contributed by atoms with Gasteiger partial charge in [0.1, 0.15) is 23.8 Å². The molecule has 3 aromatic carbocycles. The van der Waals surface area contributed by atoms with Crippen molar-refractivity contribution in [3.8, 4) is 11.5 Å². The molecule has 0 unspecified atom stereocenters. The number of aromatic nitrogens is 2. The summed E-state index contributed by atoms with van der Waals surface area (Å²) < 4.78 is 20.4. The number of rotatable bonds is 12. The van der Waals surface area contributed by atoms with Crippen LogP contribution in [-0.2, 0) is 16.2 Å². The SMILES string of the molecule is CC1(C)CC(c2ccc(Cl)cc2)=C(CN2CCN(c3ccc(C(=O)O)c(Oc4cccc5c4cnn5COCC[Si](C)(C)C)c3)CC2)CO1. The van der Waals surface area contributed by atoms with Crippen LogP contribution in [0.15, 0.2) is 72.4 Å². The zero-order chi connectivity index (χ0) is 34.8. The van der Waals surface area contributed by atoms with Crippen LogP contribution in [0.5, 0.6) is 11.5 Å². The summed E-state index contributed by atoms with van der Waals surface area (Å²) in [4.78, 5) is 17.0. The van der Waals surface area contributed by atoms with Crippen molar-refractivity contribution in [2.45, 2.75) is 58.3 Å². The first-order valence-electron chi connectivity index (χ1n) is 17.0. The van der Waals surface area contributed by atoms with Gasteiger partial charge in [-0.1, -0.05) is 49.4 Å². The molecule has 1 N–H and O–H groups in total. The first-order valence-corrected chi connectivity index (χ1v) is 21.1. The van der Waals surface area contributed by atoms with E-state index in [0.717, 1.165) is 66.8 Å². The van der Waals surface area contributed by atoms with E-state index in [1.165, 1.54) is 16.7 Å².